The number of carbonyl (C=O) groups is 1. The van der Waals surface area contributed by atoms with Gasteiger partial charge in [0.05, 0.1) is 17.3 Å². The van der Waals surface area contributed by atoms with E-state index in [-0.39, 0.29) is 18.6 Å². The molecule has 1 aliphatic rings. The third-order valence-corrected chi connectivity index (χ3v) is 6.40. The largest absolute Gasteiger partial charge is 0.368 e. The van der Waals surface area contributed by atoms with E-state index in [2.05, 4.69) is 15.2 Å². The molecule has 33 heavy (non-hydrogen) atoms. The quantitative estimate of drug-likeness (QED) is 0.597. The van der Waals surface area contributed by atoms with Crippen molar-refractivity contribution in [3.05, 3.63) is 93.7 Å². The number of pyridine rings is 1. The summed E-state index contributed by atoms with van der Waals surface area (Å²) < 4.78 is 29.6. The van der Waals surface area contributed by atoms with Crippen LogP contribution in [0.15, 0.2) is 65.6 Å². The van der Waals surface area contributed by atoms with Crippen molar-refractivity contribution < 1.29 is 13.6 Å². The number of hydrogen-bond donors (Lipinski definition) is 2. The molecule has 3 aromatic rings. The predicted octanol–water partition coefficient (Wildman–Crippen LogP) is 2.58. The Morgan fingerprint density at radius 3 is 2.55 bits per heavy atom. The van der Waals surface area contributed by atoms with Crippen LogP contribution in [0.4, 0.5) is 8.78 Å². The van der Waals surface area contributed by atoms with Crippen LogP contribution in [0.25, 0.3) is 0 Å². The highest BCUT2D eigenvalue weighted by Gasteiger charge is 2.51. The van der Waals surface area contributed by atoms with Gasteiger partial charge in [-0.05, 0) is 30.2 Å². The number of piperidine rings is 1. The first-order valence-corrected chi connectivity index (χ1v) is 10.7. The van der Waals surface area contributed by atoms with Gasteiger partial charge in [-0.2, -0.15) is 10.2 Å². The molecule has 7 nitrogen and oxygen atoms in total. The Hall–Kier alpha value is -3.46. The second-order valence-corrected chi connectivity index (χ2v) is 8.50. The third-order valence-electron chi connectivity index (χ3n) is 6.40. The number of benzene rings is 1. The van der Waals surface area contributed by atoms with Crippen molar-refractivity contribution in [2.45, 2.75) is 37.1 Å². The highest BCUT2D eigenvalue weighted by molar-refractivity contribution is 5.85. The fourth-order valence-corrected chi connectivity index (χ4v) is 4.26. The molecule has 1 saturated heterocycles. The molecule has 1 aromatic carbocycles. The molecule has 9 heteroatoms. The Labute approximate surface area is 189 Å². The maximum absolute atomic E-state index is 14.8. The highest BCUT2D eigenvalue weighted by atomic mass is 19.3. The molecule has 0 aliphatic carbocycles. The third kappa shape index (κ3) is 4.54. The van der Waals surface area contributed by atoms with E-state index in [0.717, 1.165) is 5.56 Å². The molecule has 1 amide bonds. The van der Waals surface area contributed by atoms with Crippen LogP contribution in [-0.4, -0.2) is 45.0 Å². The van der Waals surface area contributed by atoms with Crippen LogP contribution in [0.3, 0.4) is 0 Å². The average molecular weight is 453 g/mol. The first-order chi connectivity index (χ1) is 15.7. The lowest BCUT2D eigenvalue weighted by Crippen LogP contribution is -2.59. The molecule has 3 heterocycles. The smallest absolute Gasteiger partial charge is 0.257 e. The van der Waals surface area contributed by atoms with Crippen LogP contribution in [0.5, 0.6) is 0 Å². The molecule has 3 N–H and O–H groups in total. The van der Waals surface area contributed by atoms with Crippen LogP contribution in [0.2, 0.25) is 0 Å². The number of halogens is 2. The minimum Gasteiger partial charge on any atom is -0.368 e. The Balaban J connectivity index is 1.62. The van der Waals surface area contributed by atoms with Crippen molar-refractivity contribution in [2.24, 2.45) is 5.73 Å². The van der Waals surface area contributed by atoms with Crippen molar-refractivity contribution in [1.82, 2.24) is 20.1 Å². The zero-order valence-corrected chi connectivity index (χ0v) is 18.2. The number of nitrogens with one attached hydrogen (secondary N) is 1. The van der Waals surface area contributed by atoms with Gasteiger partial charge in [-0.1, -0.05) is 36.4 Å². The fraction of sp³-hybridized carbons (Fsp3) is 0.333. The molecule has 1 unspecified atom stereocenters. The lowest BCUT2D eigenvalue weighted by Gasteiger charge is -2.45. The van der Waals surface area contributed by atoms with Gasteiger partial charge in [0.2, 0.25) is 11.5 Å². The summed E-state index contributed by atoms with van der Waals surface area (Å²) in [6.45, 7) is 1.41. The molecule has 0 radical (unpaired) electrons. The Bertz CT molecular complexity index is 1160. The van der Waals surface area contributed by atoms with E-state index in [1.165, 1.54) is 18.3 Å². The summed E-state index contributed by atoms with van der Waals surface area (Å²) in [6.07, 6.45) is 1.41. The summed E-state index contributed by atoms with van der Waals surface area (Å²) in [5.74, 6) is -4.91. The zero-order chi connectivity index (χ0) is 23.6. The lowest BCUT2D eigenvalue weighted by atomic mass is 9.83. The van der Waals surface area contributed by atoms with Gasteiger partial charge >= 0.3 is 0 Å². The number of aromatic amines is 1. The fourth-order valence-electron chi connectivity index (χ4n) is 4.26. The number of aromatic nitrogens is 3. The van der Waals surface area contributed by atoms with Crippen molar-refractivity contribution in [2.75, 3.05) is 13.1 Å². The number of H-pyrrole nitrogens is 1. The predicted molar refractivity (Wildman–Crippen MR) is 119 cm³/mol. The molecule has 0 saturated carbocycles. The topological polar surface area (TPSA) is 105 Å². The maximum atomic E-state index is 14.8. The van der Waals surface area contributed by atoms with Crippen LogP contribution in [0, 0.1) is 0 Å². The number of primary amides is 1. The van der Waals surface area contributed by atoms with Crippen LogP contribution in [-0.2, 0) is 16.8 Å². The number of carbonyl (C=O) groups excluding carboxylic acids is 1. The summed E-state index contributed by atoms with van der Waals surface area (Å²) >= 11 is 0. The van der Waals surface area contributed by atoms with E-state index in [9.17, 15) is 18.4 Å². The Morgan fingerprint density at radius 1 is 1.18 bits per heavy atom. The van der Waals surface area contributed by atoms with E-state index in [1.807, 2.05) is 30.3 Å². The molecule has 1 fully saturated rings. The van der Waals surface area contributed by atoms with Gasteiger partial charge in [0.25, 0.3) is 5.92 Å². The second-order valence-electron chi connectivity index (χ2n) is 8.50. The lowest BCUT2D eigenvalue weighted by molar-refractivity contribution is -0.139. The van der Waals surface area contributed by atoms with E-state index >= 15 is 0 Å². The number of likely N-dealkylation sites (tertiary alicyclic amines) is 1. The summed E-state index contributed by atoms with van der Waals surface area (Å²) in [5.41, 5.74) is 6.37. The SMILES string of the molecule is CC(C(N)=O)(c1ccc(Cc2ccccc2)nn1)N1CCC(F)(F)[C@@H](c2ccc(=O)[nH]c2)C1. The van der Waals surface area contributed by atoms with Crippen molar-refractivity contribution >= 4 is 5.91 Å². The Kier molecular flexibility index (Phi) is 6.07. The number of alkyl halides is 2. The first-order valence-electron chi connectivity index (χ1n) is 10.7. The number of nitrogens with zero attached hydrogens (tertiary/aromatic N) is 3. The Morgan fingerprint density at radius 2 is 1.94 bits per heavy atom. The standard InChI is InChI=1S/C24H25F2N5O2/c1-23(22(27)33,20-9-8-18(29-30-20)13-16-5-3-2-4-6-16)31-12-11-24(25,26)19(15-31)17-7-10-21(32)28-14-17/h2-10,14,19H,11-13,15H2,1H3,(H2,27,33)(H,28,32)/t19-,23?/m1/s1. The monoisotopic (exact) mass is 453 g/mol. The molecule has 172 valence electrons. The molecule has 0 bridgehead atoms. The molecule has 0 spiro atoms. The van der Waals surface area contributed by atoms with Crippen molar-refractivity contribution in [3.63, 3.8) is 0 Å². The number of rotatable bonds is 6. The summed E-state index contributed by atoms with van der Waals surface area (Å²) in [4.78, 5) is 28.1. The van der Waals surface area contributed by atoms with Crippen LogP contribution >= 0.6 is 0 Å². The highest BCUT2D eigenvalue weighted by Crippen LogP contribution is 2.43. The van der Waals surface area contributed by atoms with Crippen molar-refractivity contribution in [3.8, 4) is 0 Å². The molecule has 2 atom stereocenters. The molecular weight excluding hydrogens is 428 g/mol. The normalized spacial score (nSPS) is 20.2. The van der Waals surface area contributed by atoms with Gasteiger partial charge in [0.1, 0.15) is 5.54 Å². The summed E-state index contributed by atoms with van der Waals surface area (Å²) in [7, 11) is 0. The van der Waals surface area contributed by atoms with E-state index in [1.54, 1.807) is 24.0 Å². The molecule has 4 rings (SSSR count). The molecule has 2 aromatic heterocycles. The summed E-state index contributed by atoms with van der Waals surface area (Å²) in [6, 6.07) is 15.8. The van der Waals surface area contributed by atoms with Gasteiger partial charge in [-0.25, -0.2) is 8.78 Å². The molecule has 1 aliphatic heterocycles. The van der Waals surface area contributed by atoms with Gasteiger partial charge in [0, 0.05) is 38.2 Å². The van der Waals surface area contributed by atoms with Gasteiger partial charge < -0.3 is 10.7 Å². The minimum atomic E-state index is -3.00. The van der Waals surface area contributed by atoms with Gasteiger partial charge in [-0.3, -0.25) is 14.5 Å². The van der Waals surface area contributed by atoms with E-state index < -0.39 is 29.7 Å². The van der Waals surface area contributed by atoms with E-state index in [4.69, 9.17) is 5.73 Å². The minimum absolute atomic E-state index is 0.0419. The van der Waals surface area contributed by atoms with Crippen LogP contribution < -0.4 is 11.3 Å². The molecular formula is C24H25F2N5O2. The maximum Gasteiger partial charge on any atom is 0.257 e. The zero-order valence-electron chi connectivity index (χ0n) is 18.2. The second kappa shape index (κ2) is 8.82. The number of hydrogen-bond acceptors (Lipinski definition) is 5. The van der Waals surface area contributed by atoms with Crippen LogP contribution in [0.1, 0.15) is 41.8 Å². The van der Waals surface area contributed by atoms with E-state index in [0.29, 0.717) is 23.4 Å². The first kappa shape index (κ1) is 22.7. The number of amides is 1. The summed E-state index contributed by atoms with van der Waals surface area (Å²) in [5, 5.41) is 8.52. The van der Waals surface area contributed by atoms with Gasteiger partial charge in [-0.15, -0.1) is 0 Å². The average Bonchev–Trinajstić information content (AvgIpc) is 2.80. The number of nitrogens with two attached hydrogens (primary N) is 1. The van der Waals surface area contributed by atoms with Crippen molar-refractivity contribution in [1.29, 1.82) is 0 Å². The van der Waals surface area contributed by atoms with Gasteiger partial charge in [0.15, 0.2) is 0 Å².